The molecule has 2 N–H and O–H groups in total. The summed E-state index contributed by atoms with van der Waals surface area (Å²) in [6.07, 6.45) is -0.377. The summed E-state index contributed by atoms with van der Waals surface area (Å²) in [7, 11) is 2.66. The first-order chi connectivity index (χ1) is 7.69. The van der Waals surface area contributed by atoms with E-state index in [0.29, 0.717) is 12.1 Å². The third-order valence-corrected chi connectivity index (χ3v) is 3.86. The monoisotopic (exact) mass is 228 g/mol. The molecular weight excluding hydrogens is 214 g/mol. The van der Waals surface area contributed by atoms with Crippen LogP contribution in [0.1, 0.15) is 0 Å². The molecule has 88 valence electrons. The van der Waals surface area contributed by atoms with Crippen LogP contribution in [-0.2, 0) is 23.8 Å². The van der Waals surface area contributed by atoms with Crippen LogP contribution in [0.5, 0.6) is 0 Å². The Bertz CT molecular complexity index is 325. The molecule has 2 bridgehead atoms. The molecule has 0 aromatic carbocycles. The van der Waals surface area contributed by atoms with E-state index in [9.17, 15) is 9.59 Å². The smallest absolute Gasteiger partial charge is 0.312 e. The number of carbonyl (C=O) groups excluding carboxylic acids is 2. The molecule has 0 saturated carbocycles. The van der Waals surface area contributed by atoms with E-state index < -0.39 is 11.8 Å². The molecule has 0 aromatic rings. The Labute approximate surface area is 92.2 Å². The van der Waals surface area contributed by atoms with Gasteiger partial charge in [-0.05, 0) is 0 Å². The number of ether oxygens (including phenoxy) is 3. The lowest BCUT2D eigenvalue weighted by atomic mass is 9.79. The average Bonchev–Trinajstić information content (AvgIpc) is 2.93. The summed E-state index contributed by atoms with van der Waals surface area (Å²) in [6, 6.07) is 0.657. The maximum atomic E-state index is 11.7. The zero-order valence-corrected chi connectivity index (χ0v) is 9.08. The van der Waals surface area contributed by atoms with E-state index in [-0.39, 0.29) is 24.1 Å². The van der Waals surface area contributed by atoms with Crippen molar-refractivity contribution in [3.8, 4) is 0 Å². The van der Waals surface area contributed by atoms with E-state index >= 15 is 0 Å². The van der Waals surface area contributed by atoms with E-state index in [0.717, 1.165) is 0 Å². The number of methoxy groups -OCH3 is 2. The number of carbonyl (C=O) groups is 2. The number of quaternary nitrogens is 1. The van der Waals surface area contributed by atoms with Crippen LogP contribution in [0, 0.1) is 11.8 Å². The first-order valence-corrected chi connectivity index (χ1v) is 5.35. The zero-order chi connectivity index (χ0) is 11.4. The molecule has 0 aliphatic carbocycles. The van der Waals surface area contributed by atoms with E-state index in [2.05, 4.69) is 5.32 Å². The van der Waals surface area contributed by atoms with Crippen LogP contribution >= 0.6 is 0 Å². The van der Waals surface area contributed by atoms with Gasteiger partial charge < -0.3 is 19.5 Å². The van der Waals surface area contributed by atoms with Crippen LogP contribution in [-0.4, -0.2) is 50.4 Å². The summed E-state index contributed by atoms with van der Waals surface area (Å²) in [5.74, 6) is -1.74. The van der Waals surface area contributed by atoms with Gasteiger partial charge in [0, 0.05) is 0 Å². The van der Waals surface area contributed by atoms with E-state index in [4.69, 9.17) is 14.2 Å². The number of rotatable bonds is 2. The summed E-state index contributed by atoms with van der Waals surface area (Å²) >= 11 is 0. The van der Waals surface area contributed by atoms with Crippen molar-refractivity contribution in [2.45, 2.75) is 24.3 Å². The Morgan fingerprint density at radius 2 is 1.44 bits per heavy atom. The van der Waals surface area contributed by atoms with Gasteiger partial charge in [-0.25, -0.2) is 0 Å². The molecule has 6 heteroatoms. The minimum absolute atomic E-state index is 0.188. The predicted molar refractivity (Wildman–Crippen MR) is 49.2 cm³/mol. The van der Waals surface area contributed by atoms with Gasteiger partial charge in [-0.2, -0.15) is 0 Å². The van der Waals surface area contributed by atoms with E-state index in [1.807, 2.05) is 0 Å². The van der Waals surface area contributed by atoms with Crippen molar-refractivity contribution in [1.29, 1.82) is 0 Å². The number of hydrogen-bond donors (Lipinski definition) is 1. The fourth-order valence-corrected chi connectivity index (χ4v) is 3.10. The normalized spacial score (nSPS) is 47.4. The second-order valence-electron chi connectivity index (χ2n) is 4.51. The van der Waals surface area contributed by atoms with Gasteiger partial charge in [-0.1, -0.05) is 0 Å². The molecule has 6 nitrogen and oxygen atoms in total. The van der Waals surface area contributed by atoms with Crippen LogP contribution in [0.25, 0.3) is 0 Å². The maximum absolute atomic E-state index is 11.7. The Balaban J connectivity index is 1.89. The Morgan fingerprint density at radius 1 is 1.00 bits per heavy atom. The fraction of sp³-hybridized carbons (Fsp3) is 0.800. The van der Waals surface area contributed by atoms with Crippen molar-refractivity contribution < 1.29 is 29.1 Å². The lowest BCUT2D eigenvalue weighted by Gasteiger charge is -2.20. The topological polar surface area (TPSA) is 78.4 Å². The summed E-state index contributed by atoms with van der Waals surface area (Å²) in [6.45, 7) is 0. The van der Waals surface area contributed by atoms with Gasteiger partial charge >= 0.3 is 11.9 Å². The summed E-state index contributed by atoms with van der Waals surface area (Å²) in [5.41, 5.74) is 0. The van der Waals surface area contributed by atoms with Crippen molar-refractivity contribution in [3.05, 3.63) is 0 Å². The number of hydrogen-bond acceptors (Lipinski definition) is 5. The van der Waals surface area contributed by atoms with Crippen LogP contribution in [0.3, 0.4) is 0 Å². The average molecular weight is 228 g/mol. The van der Waals surface area contributed by atoms with E-state index in [1.54, 1.807) is 0 Å². The maximum Gasteiger partial charge on any atom is 0.312 e. The number of nitrogens with two attached hydrogens (primary N) is 1. The van der Waals surface area contributed by atoms with E-state index in [1.165, 1.54) is 14.2 Å². The van der Waals surface area contributed by atoms with Crippen molar-refractivity contribution in [2.75, 3.05) is 14.2 Å². The third kappa shape index (κ3) is 1.08. The zero-order valence-electron chi connectivity index (χ0n) is 9.08. The van der Waals surface area contributed by atoms with Crippen LogP contribution in [0.4, 0.5) is 0 Å². The molecule has 3 aliphatic heterocycles. The molecule has 3 fully saturated rings. The van der Waals surface area contributed by atoms with Gasteiger partial charge in [0.25, 0.3) is 0 Å². The molecule has 3 aliphatic rings. The quantitative estimate of drug-likeness (QED) is 0.423. The van der Waals surface area contributed by atoms with Gasteiger partial charge in [0.15, 0.2) is 12.1 Å². The van der Waals surface area contributed by atoms with Crippen molar-refractivity contribution >= 4 is 11.9 Å². The largest absolute Gasteiger partial charge is 0.469 e. The summed E-state index contributed by atoms with van der Waals surface area (Å²) in [4.78, 5) is 23.3. The lowest BCUT2D eigenvalue weighted by molar-refractivity contribution is -0.539. The number of morpholine rings is 1. The van der Waals surface area contributed by atoms with Crippen molar-refractivity contribution in [2.24, 2.45) is 11.8 Å². The second-order valence-corrected chi connectivity index (χ2v) is 4.51. The van der Waals surface area contributed by atoms with Crippen LogP contribution in [0.2, 0.25) is 0 Å². The van der Waals surface area contributed by atoms with Gasteiger partial charge in [-0.15, -0.1) is 0 Å². The molecule has 3 heterocycles. The van der Waals surface area contributed by atoms with Gasteiger partial charge in [0.05, 0.1) is 14.2 Å². The fourth-order valence-electron chi connectivity index (χ4n) is 3.10. The molecular formula is C10H14NO5+. The standard InChI is InChI=1S/C10H13NO5/c1-14-9(12)3-4(10(13)15-2)8-6-5(11-6)7(3)16-8/h3-8,11H,1-2H3/p+1/t3-,4+,5+,6-,7-,8+. The predicted octanol–water partition coefficient (Wildman–Crippen LogP) is -2.34. The van der Waals surface area contributed by atoms with Crippen LogP contribution < -0.4 is 5.32 Å². The molecule has 3 saturated heterocycles. The first-order valence-electron chi connectivity index (χ1n) is 5.35. The highest BCUT2D eigenvalue weighted by Crippen LogP contribution is 2.46. The Kier molecular flexibility index (Phi) is 1.99. The summed E-state index contributed by atoms with van der Waals surface area (Å²) < 4.78 is 15.1. The molecule has 0 radical (unpaired) electrons. The van der Waals surface area contributed by atoms with Gasteiger partial charge in [0.2, 0.25) is 0 Å². The Morgan fingerprint density at radius 3 is 1.81 bits per heavy atom. The summed E-state index contributed by atoms with van der Waals surface area (Å²) in [5, 5.41) is 2.14. The van der Waals surface area contributed by atoms with Gasteiger partial charge in [0.1, 0.15) is 24.0 Å². The first kappa shape index (κ1) is 10.0. The molecule has 3 rings (SSSR count). The van der Waals surface area contributed by atoms with Crippen molar-refractivity contribution in [1.82, 2.24) is 0 Å². The SMILES string of the molecule is COC(=O)[C@@H]1[C@@H]2O[C@@H]([C@H]3[NH2+][C@H]32)[C@@H]1C(=O)OC. The Hall–Kier alpha value is -1.14. The molecule has 0 unspecified atom stereocenters. The minimum atomic E-state index is -0.498. The molecule has 16 heavy (non-hydrogen) atoms. The van der Waals surface area contributed by atoms with Gasteiger partial charge in [-0.3, -0.25) is 9.59 Å². The van der Waals surface area contributed by atoms with Crippen molar-refractivity contribution in [3.63, 3.8) is 0 Å². The highest BCUT2D eigenvalue weighted by Gasteiger charge is 2.75. The second kappa shape index (κ2) is 3.18. The highest BCUT2D eigenvalue weighted by atomic mass is 16.6. The number of esters is 2. The molecule has 6 atom stereocenters. The molecule has 0 aromatic heterocycles. The number of fused-ring (bicyclic) bond motifs is 5. The lowest BCUT2D eigenvalue weighted by Crippen LogP contribution is -2.68. The third-order valence-electron chi connectivity index (χ3n) is 3.86. The van der Waals surface area contributed by atoms with Crippen LogP contribution in [0.15, 0.2) is 0 Å². The molecule has 0 spiro atoms. The minimum Gasteiger partial charge on any atom is -0.469 e. The highest BCUT2D eigenvalue weighted by molar-refractivity contribution is 5.84. The molecule has 0 amide bonds.